The van der Waals surface area contributed by atoms with Crippen LogP contribution < -0.4 is 0 Å². The number of nitrogens with zero attached hydrogens (tertiary/aromatic N) is 4. The first-order chi connectivity index (χ1) is 28.9. The van der Waals surface area contributed by atoms with Crippen LogP contribution in [-0.2, 0) is 23.7 Å². The number of amides is 4. The van der Waals surface area contributed by atoms with Gasteiger partial charge in [-0.3, -0.25) is 19.6 Å². The van der Waals surface area contributed by atoms with Crippen LogP contribution in [0.25, 0.3) is 0 Å². The number of carbonyl (C=O) groups excluding carboxylic acids is 4. The minimum absolute atomic E-state index is 0.0895. The standard InChI is InChI=1S/2C8H10F3NO4.C8H8F3NO3.C8H8F3NO2.CH4/c2*1-16-7(15)12-2-4(8(9,10)11)6(14)5(13)3-12;1-14-7(13)12-2-4(8(9,10)11)6-5(3-12)15-6;1-14-7(13)12-4-2-3-6(5-12)8(9,10)11;/h2*2,5-6,13-14H,3H2,1H3;2,5-6H,3H2,1H3;2-3,5H,4H2,1H3;1H4/t2*5-,6-;5-,6+;;/m110../s1/i;;;;1T. The van der Waals surface area contributed by atoms with Crippen LogP contribution in [0, 0.1) is 0 Å². The molecule has 6 atom stereocenters. The zero-order valence-corrected chi connectivity index (χ0v) is 32.5. The number of alkyl halides is 12. The molecule has 1 fully saturated rings. The lowest BCUT2D eigenvalue weighted by atomic mass is 10.0. The van der Waals surface area contributed by atoms with Gasteiger partial charge in [0.05, 0.1) is 70.4 Å². The number of epoxide rings is 1. The summed E-state index contributed by atoms with van der Waals surface area (Å²) in [6.45, 7) is -0.704. The van der Waals surface area contributed by atoms with Gasteiger partial charge >= 0.3 is 49.1 Å². The Morgan fingerprint density at radius 3 is 1.26 bits per heavy atom. The molecule has 0 radical (unpaired) electrons. The van der Waals surface area contributed by atoms with Gasteiger partial charge in [0.15, 0.2) is 0 Å². The first-order valence-corrected chi connectivity index (χ1v) is 16.5. The number of aliphatic hydroxyl groups excluding tert-OH is 4. The summed E-state index contributed by atoms with van der Waals surface area (Å²) in [5, 5.41) is 36.6. The van der Waals surface area contributed by atoms with Gasteiger partial charge in [0, 0.05) is 32.7 Å². The third kappa shape index (κ3) is 15.0. The minimum atomic E-state index is -4.81. The van der Waals surface area contributed by atoms with Gasteiger partial charge in [-0.25, -0.2) is 19.2 Å². The van der Waals surface area contributed by atoms with E-state index in [0.717, 1.165) is 56.7 Å². The lowest BCUT2D eigenvalue weighted by molar-refractivity contribution is -0.122. The number of hydrogen-bond acceptors (Lipinski definition) is 13. The highest BCUT2D eigenvalue weighted by Crippen LogP contribution is 2.42. The van der Waals surface area contributed by atoms with Crippen LogP contribution in [0.2, 0.25) is 0 Å². The Bertz CT molecular complexity index is 1690. The zero-order valence-electron chi connectivity index (χ0n) is 33.5. The molecule has 0 unspecified atom stereocenters. The van der Waals surface area contributed by atoms with E-state index in [1.165, 1.54) is 13.5 Å². The molecule has 0 spiro atoms. The molecule has 17 nitrogen and oxygen atoms in total. The third-order valence-electron chi connectivity index (χ3n) is 8.12. The van der Waals surface area contributed by atoms with Crippen molar-refractivity contribution in [3.8, 4) is 0 Å². The average Bonchev–Trinajstić information content (AvgIpc) is 4.01. The first kappa shape index (κ1) is 52.9. The Morgan fingerprint density at radius 2 is 0.919 bits per heavy atom. The van der Waals surface area contributed by atoms with Crippen LogP contribution in [0.5, 0.6) is 0 Å². The molecule has 0 aliphatic carbocycles. The first-order valence-electron chi connectivity index (χ1n) is 17.5. The fourth-order valence-electron chi connectivity index (χ4n) is 5.07. The second kappa shape index (κ2) is 21.7. The molecule has 0 aromatic rings. The van der Waals surface area contributed by atoms with Crippen molar-refractivity contribution in [1.82, 2.24) is 19.6 Å². The summed E-state index contributed by atoms with van der Waals surface area (Å²) >= 11 is 0. The number of ether oxygens (including phenoxy) is 5. The summed E-state index contributed by atoms with van der Waals surface area (Å²) in [6.07, 6.45) is -26.7. The summed E-state index contributed by atoms with van der Waals surface area (Å²) in [4.78, 5) is 46.8. The van der Waals surface area contributed by atoms with E-state index >= 15 is 0 Å². The number of carbonyl (C=O) groups is 4. The van der Waals surface area contributed by atoms with E-state index in [1.54, 1.807) is 0 Å². The van der Waals surface area contributed by atoms with Crippen LogP contribution in [0.4, 0.5) is 71.9 Å². The van der Waals surface area contributed by atoms with Gasteiger partial charge in [-0.05, 0) is 0 Å². The fraction of sp³-hybridized carbons (Fsp3) is 0.576. The molecule has 0 saturated carbocycles. The maximum Gasteiger partial charge on any atom is 0.417 e. The predicted octanol–water partition coefficient (Wildman–Crippen LogP) is 4.46. The van der Waals surface area contributed by atoms with E-state index in [9.17, 15) is 82.1 Å². The molecule has 29 heteroatoms. The molecule has 1 saturated heterocycles. The molecule has 4 amide bonds. The summed E-state index contributed by atoms with van der Waals surface area (Å²) in [7, 11) is 5.48. The SMILES string of the molecule is COC(=O)N1C=C(C(F)(F)F)C=CC1.COC(=O)N1C=C(C(F)(F)F)[C@@H](O)[C@H](O)C1.COC(=O)N1C=C(C(F)(F)F)[C@@H](O)[C@H](O)C1.COC(=O)N1C=C(C(F)(F)F)[C@H]2O[C@H]2C1.[3H]C. The van der Waals surface area contributed by atoms with Crippen molar-refractivity contribution in [3.05, 3.63) is 59.2 Å². The molecule has 0 bridgehead atoms. The van der Waals surface area contributed by atoms with Gasteiger partial charge in [-0.15, -0.1) is 0 Å². The van der Waals surface area contributed by atoms with Crippen LogP contribution in [0.15, 0.2) is 59.2 Å². The largest absolute Gasteiger partial charge is 0.452 e. The highest BCUT2D eigenvalue weighted by Gasteiger charge is 2.55. The lowest BCUT2D eigenvalue weighted by Gasteiger charge is -2.32. The Kier molecular flexibility index (Phi) is 18.5. The van der Waals surface area contributed by atoms with Crippen LogP contribution >= 0.6 is 0 Å². The van der Waals surface area contributed by atoms with Crippen molar-refractivity contribution in [2.75, 3.05) is 54.6 Å². The van der Waals surface area contributed by atoms with Crippen molar-refractivity contribution in [3.63, 3.8) is 0 Å². The Labute approximate surface area is 344 Å². The van der Waals surface area contributed by atoms with Gasteiger partial charge < -0.3 is 44.1 Å². The predicted molar refractivity (Wildman–Crippen MR) is 182 cm³/mol. The number of methoxy groups -OCH3 is 4. The molecule has 5 aliphatic rings. The van der Waals surface area contributed by atoms with Gasteiger partial charge in [-0.2, -0.15) is 52.7 Å². The molecular weight excluding hydrogens is 888 g/mol. The molecule has 5 rings (SSSR count). The minimum Gasteiger partial charge on any atom is -0.452 e. The van der Waals surface area contributed by atoms with Gasteiger partial charge in [0.25, 0.3) is 0 Å². The molecule has 4 N–H and O–H groups in total. The molecule has 62 heavy (non-hydrogen) atoms. The summed E-state index contributed by atoms with van der Waals surface area (Å²) < 4.78 is 176. The van der Waals surface area contributed by atoms with Crippen molar-refractivity contribution < 1.29 is 117 Å². The number of aliphatic hydroxyl groups is 4. The summed E-state index contributed by atoms with van der Waals surface area (Å²) in [6, 6.07) is 0. The number of β-amino-alcohol motifs (C(OH)–C–C–N with tert-alkyl or cyclic N) is 2. The number of allylic oxidation sites excluding steroid dienone is 2. The number of fused-ring (bicyclic) bond motifs is 1. The van der Waals surface area contributed by atoms with E-state index in [-0.39, 0.29) is 13.1 Å². The second-order valence-electron chi connectivity index (χ2n) is 12.3. The van der Waals surface area contributed by atoms with Gasteiger partial charge in [0.1, 0.15) is 36.6 Å². The molecule has 354 valence electrons. The Balaban J connectivity index is 0.000000415. The van der Waals surface area contributed by atoms with E-state index in [4.69, 9.17) is 16.3 Å². The van der Waals surface area contributed by atoms with Crippen LogP contribution in [0.1, 0.15) is 8.77 Å². The molecule has 5 heterocycles. The second-order valence-corrected chi connectivity index (χ2v) is 12.3. The van der Waals surface area contributed by atoms with Crippen LogP contribution in [-0.4, -0.2) is 180 Å². The van der Waals surface area contributed by atoms with Crippen molar-refractivity contribution >= 4 is 24.4 Å². The Hall–Kier alpha value is -5.26. The van der Waals surface area contributed by atoms with E-state index in [0.29, 0.717) is 22.2 Å². The number of halogens is 12. The fourth-order valence-corrected chi connectivity index (χ4v) is 5.07. The number of rotatable bonds is 0. The lowest BCUT2D eigenvalue weighted by Crippen LogP contribution is -2.48. The van der Waals surface area contributed by atoms with Crippen molar-refractivity contribution in [2.24, 2.45) is 0 Å². The third-order valence-corrected chi connectivity index (χ3v) is 8.12. The smallest absolute Gasteiger partial charge is 0.417 e. The summed E-state index contributed by atoms with van der Waals surface area (Å²) in [5.41, 5.74) is -4.45. The van der Waals surface area contributed by atoms with E-state index < -0.39 is 121 Å². The molecule has 0 aromatic carbocycles. The van der Waals surface area contributed by atoms with Crippen LogP contribution in [0.3, 0.4) is 0 Å². The highest BCUT2D eigenvalue weighted by molar-refractivity contribution is 5.71. The quantitative estimate of drug-likeness (QED) is 0.150. The molecular formula is C33H40F12N4O13. The Morgan fingerprint density at radius 1 is 0.581 bits per heavy atom. The maximum atomic E-state index is 12.4. The molecule has 5 aliphatic heterocycles. The summed E-state index contributed by atoms with van der Waals surface area (Å²) in [5.74, 6) is 0. The number of hydrogen-bond donors (Lipinski definition) is 4. The van der Waals surface area contributed by atoms with Gasteiger partial charge in [0.2, 0.25) is 0 Å². The maximum absolute atomic E-state index is 12.4. The van der Waals surface area contributed by atoms with E-state index in [2.05, 4.69) is 18.9 Å². The normalized spacial score (nSPS) is 24.6. The topological polar surface area (TPSA) is 212 Å². The van der Waals surface area contributed by atoms with Crippen molar-refractivity contribution in [1.29, 1.82) is 0 Å². The zero-order chi connectivity index (χ0) is 49.0. The van der Waals surface area contributed by atoms with Crippen molar-refractivity contribution in [2.45, 2.75) is 68.7 Å². The molecule has 0 aromatic heterocycles. The average molecular weight is 931 g/mol. The monoisotopic (exact) mass is 930 g/mol. The highest BCUT2D eigenvalue weighted by atomic mass is 19.4. The van der Waals surface area contributed by atoms with Gasteiger partial charge in [-0.1, -0.05) is 19.6 Å². The van der Waals surface area contributed by atoms with E-state index in [1.807, 2.05) is 0 Å².